The van der Waals surface area contributed by atoms with E-state index in [0.717, 1.165) is 16.9 Å². The Bertz CT molecular complexity index is 975. The number of aromatic nitrogens is 1. The molecule has 0 atom stereocenters. The average molecular weight is 374 g/mol. The van der Waals surface area contributed by atoms with Gasteiger partial charge < -0.3 is 4.74 Å². The van der Waals surface area contributed by atoms with Crippen LogP contribution in [-0.2, 0) is 11.3 Å². The van der Waals surface area contributed by atoms with Gasteiger partial charge in [-0.15, -0.1) is 11.3 Å². The first kappa shape index (κ1) is 19.0. The number of hydrogen-bond donors (Lipinski definition) is 0. The number of halogens is 1. The monoisotopic (exact) mass is 373 g/mol. The second kappa shape index (κ2) is 9.19. The molecule has 7 heteroatoms. The quantitative estimate of drug-likeness (QED) is 0.725. The Morgan fingerprint density at radius 1 is 1.32 bits per heavy atom. The predicted molar refractivity (Wildman–Crippen MR) is 98.6 cm³/mol. The molecular formula is C18H16ClN3O2S. The molecule has 5 nitrogen and oxygen atoms in total. The summed E-state index contributed by atoms with van der Waals surface area (Å²) in [4.78, 5) is 12.7. The Labute approximate surface area is 154 Å². The third-order valence-electron chi connectivity index (χ3n) is 3.39. The van der Waals surface area contributed by atoms with E-state index in [-0.39, 0.29) is 11.1 Å². The van der Waals surface area contributed by atoms with E-state index in [1.807, 2.05) is 19.1 Å². The molecule has 0 aliphatic heterocycles. The van der Waals surface area contributed by atoms with Crippen LogP contribution in [0.1, 0.15) is 18.9 Å². The summed E-state index contributed by atoms with van der Waals surface area (Å²) < 4.78 is 7.62. The largest absolute Gasteiger partial charge is 0.382 e. The highest BCUT2D eigenvalue weighted by molar-refractivity contribution is 7.07. The summed E-state index contributed by atoms with van der Waals surface area (Å²) in [5, 5.41) is 18.9. The Kier molecular flexibility index (Phi) is 6.97. The van der Waals surface area contributed by atoms with Crippen molar-refractivity contribution < 1.29 is 4.74 Å². The topological polar surface area (TPSA) is 78.8 Å². The molecule has 25 heavy (non-hydrogen) atoms. The lowest BCUT2D eigenvalue weighted by molar-refractivity contribution is 0.141. The molecule has 1 aromatic carbocycles. The van der Waals surface area contributed by atoms with Crippen molar-refractivity contribution in [3.63, 3.8) is 0 Å². The molecule has 0 saturated carbocycles. The van der Waals surface area contributed by atoms with E-state index in [2.05, 4.69) is 0 Å². The smallest absolute Gasteiger partial charge is 0.269 e. The van der Waals surface area contributed by atoms with Crippen molar-refractivity contribution in [3.05, 3.63) is 54.4 Å². The van der Waals surface area contributed by atoms with Crippen LogP contribution in [0.15, 0.2) is 29.1 Å². The Hall–Kier alpha value is -2.38. The molecule has 0 bridgehead atoms. The zero-order chi connectivity index (χ0) is 18.2. The molecule has 1 aromatic heterocycles. The molecular weight excluding hydrogens is 358 g/mol. The fraction of sp³-hybridized carbons (Fsp3) is 0.278. The van der Waals surface area contributed by atoms with Gasteiger partial charge in [-0.05, 0) is 37.1 Å². The molecule has 0 spiro atoms. The molecule has 0 unspecified atom stereocenters. The Morgan fingerprint density at radius 2 is 2.00 bits per heavy atom. The molecule has 0 fully saturated rings. The SMILES string of the molecule is CCOCCCn1c(=C(C#N)C#N)s/c(=C\c2ccc(Cl)cc2)c1=O. The molecule has 0 saturated heterocycles. The van der Waals surface area contributed by atoms with Gasteiger partial charge in [0.1, 0.15) is 16.8 Å². The lowest BCUT2D eigenvalue weighted by Gasteiger charge is -2.02. The van der Waals surface area contributed by atoms with E-state index in [1.54, 1.807) is 30.3 Å². The summed E-state index contributed by atoms with van der Waals surface area (Å²) in [7, 11) is 0. The number of thiazole rings is 1. The van der Waals surface area contributed by atoms with E-state index in [1.165, 1.54) is 4.57 Å². The van der Waals surface area contributed by atoms with Crippen molar-refractivity contribution >= 4 is 34.6 Å². The summed E-state index contributed by atoms with van der Waals surface area (Å²) in [5.41, 5.74) is 0.551. The molecule has 0 N–H and O–H groups in total. The Morgan fingerprint density at radius 3 is 2.60 bits per heavy atom. The van der Waals surface area contributed by atoms with Gasteiger partial charge in [-0.3, -0.25) is 9.36 Å². The fourth-order valence-electron chi connectivity index (χ4n) is 2.21. The molecule has 0 aliphatic carbocycles. The van der Waals surface area contributed by atoms with E-state index in [0.29, 0.717) is 40.4 Å². The number of ether oxygens (including phenoxy) is 1. The zero-order valence-corrected chi connectivity index (χ0v) is 15.2. The molecule has 0 amide bonds. The first-order valence-electron chi connectivity index (χ1n) is 7.70. The lowest BCUT2D eigenvalue weighted by Crippen LogP contribution is -2.32. The van der Waals surface area contributed by atoms with Gasteiger partial charge in [-0.1, -0.05) is 23.7 Å². The van der Waals surface area contributed by atoms with Gasteiger partial charge in [-0.2, -0.15) is 10.5 Å². The van der Waals surface area contributed by atoms with Crippen LogP contribution in [0.5, 0.6) is 0 Å². The van der Waals surface area contributed by atoms with Gasteiger partial charge in [0.2, 0.25) is 0 Å². The van der Waals surface area contributed by atoms with Crippen LogP contribution in [-0.4, -0.2) is 17.8 Å². The van der Waals surface area contributed by atoms with Crippen LogP contribution in [0, 0.1) is 22.7 Å². The van der Waals surface area contributed by atoms with Crippen molar-refractivity contribution in [2.75, 3.05) is 13.2 Å². The number of hydrogen-bond acceptors (Lipinski definition) is 5. The minimum absolute atomic E-state index is 0.0609. The van der Waals surface area contributed by atoms with Crippen molar-refractivity contribution in [2.45, 2.75) is 19.9 Å². The van der Waals surface area contributed by atoms with Crippen molar-refractivity contribution in [3.8, 4) is 12.1 Å². The van der Waals surface area contributed by atoms with Crippen molar-refractivity contribution in [1.29, 1.82) is 10.5 Å². The number of benzene rings is 1. The summed E-state index contributed by atoms with van der Waals surface area (Å²) >= 11 is 7.02. The van der Waals surface area contributed by atoms with Gasteiger partial charge in [0, 0.05) is 24.8 Å². The number of nitriles is 2. The van der Waals surface area contributed by atoms with E-state index < -0.39 is 0 Å². The van der Waals surface area contributed by atoms with Gasteiger partial charge in [0.05, 0.1) is 4.53 Å². The molecule has 1 heterocycles. The minimum Gasteiger partial charge on any atom is -0.382 e. The summed E-state index contributed by atoms with van der Waals surface area (Å²) in [6.45, 7) is 3.42. The first-order valence-corrected chi connectivity index (χ1v) is 8.89. The first-order chi connectivity index (χ1) is 12.1. The summed E-state index contributed by atoms with van der Waals surface area (Å²) in [6.07, 6.45) is 2.36. The van der Waals surface area contributed by atoms with Gasteiger partial charge in [-0.25, -0.2) is 0 Å². The summed E-state index contributed by atoms with van der Waals surface area (Å²) in [5.74, 6) is 0. The maximum absolute atomic E-state index is 12.7. The van der Waals surface area contributed by atoms with Crippen LogP contribution in [0.2, 0.25) is 5.02 Å². The van der Waals surface area contributed by atoms with Crippen molar-refractivity contribution in [2.24, 2.45) is 0 Å². The zero-order valence-electron chi connectivity index (χ0n) is 13.7. The van der Waals surface area contributed by atoms with Crippen LogP contribution in [0.4, 0.5) is 0 Å². The molecule has 128 valence electrons. The highest BCUT2D eigenvalue weighted by Crippen LogP contribution is 2.09. The third kappa shape index (κ3) is 4.80. The lowest BCUT2D eigenvalue weighted by atomic mass is 10.2. The van der Waals surface area contributed by atoms with Crippen LogP contribution in [0.3, 0.4) is 0 Å². The van der Waals surface area contributed by atoms with Gasteiger partial charge >= 0.3 is 0 Å². The standard InChI is InChI=1S/C18H16ClN3O2S/c1-2-24-9-3-8-22-17(23)16(25-18(22)14(11-20)12-21)10-13-4-6-15(19)7-5-13/h4-7,10H,2-3,8-9H2,1H3/b16-10-. The van der Waals surface area contributed by atoms with Gasteiger partial charge in [0.15, 0.2) is 5.57 Å². The average Bonchev–Trinajstić information content (AvgIpc) is 2.91. The highest BCUT2D eigenvalue weighted by atomic mass is 35.5. The van der Waals surface area contributed by atoms with Crippen LogP contribution in [0.25, 0.3) is 11.6 Å². The number of nitrogens with zero attached hydrogens (tertiary/aromatic N) is 3. The fourth-order valence-corrected chi connectivity index (χ4v) is 3.41. The van der Waals surface area contributed by atoms with Gasteiger partial charge in [0.25, 0.3) is 5.56 Å². The normalized spacial score (nSPS) is 11.1. The molecule has 0 radical (unpaired) electrons. The van der Waals surface area contributed by atoms with Crippen LogP contribution >= 0.6 is 22.9 Å². The second-order valence-corrected chi connectivity index (χ2v) is 6.54. The maximum Gasteiger partial charge on any atom is 0.269 e. The molecule has 2 rings (SSSR count). The minimum atomic E-state index is -0.213. The van der Waals surface area contributed by atoms with E-state index in [4.69, 9.17) is 26.9 Å². The third-order valence-corrected chi connectivity index (χ3v) is 4.77. The highest BCUT2D eigenvalue weighted by Gasteiger charge is 2.09. The van der Waals surface area contributed by atoms with E-state index >= 15 is 0 Å². The molecule has 2 aromatic rings. The maximum atomic E-state index is 12.7. The summed E-state index contributed by atoms with van der Waals surface area (Å²) in [6, 6.07) is 10.8. The van der Waals surface area contributed by atoms with E-state index in [9.17, 15) is 4.79 Å². The Balaban J connectivity index is 2.55. The predicted octanol–water partition coefficient (Wildman–Crippen LogP) is 2.02. The molecule has 0 aliphatic rings. The second-order valence-electron chi connectivity index (χ2n) is 5.07. The van der Waals surface area contributed by atoms with Crippen LogP contribution < -0.4 is 14.8 Å². The van der Waals surface area contributed by atoms with Crippen molar-refractivity contribution in [1.82, 2.24) is 4.57 Å². The number of rotatable bonds is 6.